The van der Waals surface area contributed by atoms with Crippen molar-refractivity contribution in [1.82, 2.24) is 0 Å². The van der Waals surface area contributed by atoms with Crippen molar-refractivity contribution < 1.29 is 49.2 Å². The van der Waals surface area contributed by atoms with E-state index in [-0.39, 0.29) is 0 Å². The van der Waals surface area contributed by atoms with Gasteiger partial charge in [-0.2, -0.15) is 26.3 Å². The first-order valence-electron chi connectivity index (χ1n) is 5.74. The van der Waals surface area contributed by atoms with Gasteiger partial charge in [-0.3, -0.25) is 4.79 Å². The fourth-order valence-electron chi connectivity index (χ4n) is 2.11. The van der Waals surface area contributed by atoms with Gasteiger partial charge in [0.05, 0.1) is 5.54 Å². The molecular weight excluding hydrogens is 342 g/mol. The molecule has 1 atom stereocenters. The summed E-state index contributed by atoms with van der Waals surface area (Å²) in [4.78, 5) is 10.9. The molecule has 0 saturated carbocycles. The van der Waals surface area contributed by atoms with Gasteiger partial charge >= 0.3 is 32.7 Å². The van der Waals surface area contributed by atoms with Crippen molar-refractivity contribution in [3.63, 3.8) is 0 Å². The average molecular weight is 358 g/mol. The van der Waals surface area contributed by atoms with E-state index in [2.05, 4.69) is 18.0 Å². The summed E-state index contributed by atoms with van der Waals surface area (Å²) in [7, 11) is -1.92. The lowest BCUT2D eigenvalue weighted by Gasteiger charge is -2.44. The van der Waals surface area contributed by atoms with E-state index in [0.29, 0.717) is 13.8 Å². The number of hydrogen-bond donors (Lipinski definition) is 0. The van der Waals surface area contributed by atoms with Crippen LogP contribution >= 0.6 is 0 Å². The van der Waals surface area contributed by atoms with Gasteiger partial charge < -0.3 is 18.0 Å². The van der Waals surface area contributed by atoms with Gasteiger partial charge in [0.15, 0.2) is 0 Å². The fourth-order valence-corrected chi connectivity index (χ4v) is 4.56. The molecule has 0 heterocycles. The van der Waals surface area contributed by atoms with Crippen LogP contribution in [0.4, 0.5) is 26.3 Å². The topological polar surface area (TPSA) is 54.0 Å². The molecule has 12 heteroatoms. The van der Waals surface area contributed by atoms with E-state index in [1.807, 2.05) is 0 Å². The van der Waals surface area contributed by atoms with E-state index in [1.165, 1.54) is 0 Å². The molecule has 5 nitrogen and oxygen atoms in total. The van der Waals surface area contributed by atoms with Gasteiger partial charge in [0.25, 0.3) is 0 Å². The lowest BCUT2D eigenvalue weighted by molar-refractivity contribution is -0.372. The normalized spacial score (nSPS) is 15.6. The molecule has 1 unspecified atom stereocenters. The minimum atomic E-state index is -5.97. The van der Waals surface area contributed by atoms with Crippen molar-refractivity contribution >= 4 is 14.8 Å². The third-order valence-electron chi connectivity index (χ3n) is 3.14. The first-order chi connectivity index (χ1) is 9.75. The molecule has 0 aromatic heterocycles. The van der Waals surface area contributed by atoms with Crippen LogP contribution < -0.4 is 0 Å². The maximum Gasteiger partial charge on any atom is 0.508 e. The molecule has 0 amide bonds. The largest absolute Gasteiger partial charge is 0.508 e. The molecule has 0 N–H and O–H groups in total. The van der Waals surface area contributed by atoms with E-state index in [9.17, 15) is 31.1 Å². The standard InChI is InChI=1S/C10H16F6O5Si/c1-6(22(18-3,19-4)20-5)8(9(11,12)13,10(14,15)16)21-7(2)17/h6H,1-5H3. The molecular formula is C10H16F6O5Si. The van der Waals surface area contributed by atoms with E-state index in [4.69, 9.17) is 0 Å². The number of esters is 1. The smallest absolute Gasteiger partial charge is 0.439 e. The number of hydrogen-bond acceptors (Lipinski definition) is 5. The Morgan fingerprint density at radius 2 is 1.23 bits per heavy atom. The second kappa shape index (κ2) is 6.72. The van der Waals surface area contributed by atoms with Crippen molar-refractivity contribution in [2.45, 2.75) is 37.3 Å². The predicted octanol–water partition coefficient (Wildman–Crippen LogP) is 2.68. The lowest BCUT2D eigenvalue weighted by atomic mass is 9.98. The Hall–Kier alpha value is -0.853. The number of rotatable bonds is 6. The van der Waals surface area contributed by atoms with Crippen LogP contribution in [0.3, 0.4) is 0 Å². The summed E-state index contributed by atoms with van der Waals surface area (Å²) in [5, 5.41) is 0. The average Bonchev–Trinajstić information content (AvgIpc) is 2.35. The SMILES string of the molecule is CO[Si](OC)(OC)C(C)C(OC(C)=O)(C(F)(F)F)C(F)(F)F. The van der Waals surface area contributed by atoms with Gasteiger partial charge in [-0.25, -0.2) is 0 Å². The Bertz CT molecular complexity index is 370. The van der Waals surface area contributed by atoms with Gasteiger partial charge in [-0.15, -0.1) is 0 Å². The second-order valence-electron chi connectivity index (χ2n) is 4.26. The van der Waals surface area contributed by atoms with Crippen LogP contribution in [0.5, 0.6) is 0 Å². The zero-order valence-electron chi connectivity index (χ0n) is 12.4. The maximum absolute atomic E-state index is 13.3. The third kappa shape index (κ3) is 3.39. The molecule has 0 radical (unpaired) electrons. The second-order valence-corrected chi connectivity index (χ2v) is 7.56. The number of halogens is 6. The van der Waals surface area contributed by atoms with E-state index in [0.717, 1.165) is 21.3 Å². The highest BCUT2D eigenvalue weighted by molar-refractivity contribution is 6.62. The van der Waals surface area contributed by atoms with Gasteiger partial charge in [0.2, 0.25) is 0 Å². The molecule has 0 fully saturated rings. The molecule has 0 rings (SSSR count). The molecule has 0 aromatic carbocycles. The molecule has 0 aromatic rings. The molecule has 0 spiro atoms. The summed E-state index contributed by atoms with van der Waals surface area (Å²) in [6.07, 6.45) is -11.9. The van der Waals surface area contributed by atoms with E-state index >= 15 is 0 Å². The molecule has 0 aliphatic carbocycles. The lowest BCUT2D eigenvalue weighted by Crippen LogP contribution is -2.68. The molecule has 0 saturated heterocycles. The molecule has 132 valence electrons. The van der Waals surface area contributed by atoms with Crippen LogP contribution in [0.15, 0.2) is 0 Å². The summed E-state index contributed by atoms with van der Waals surface area (Å²) in [5.41, 5.74) is -7.32. The maximum atomic E-state index is 13.3. The molecule has 22 heavy (non-hydrogen) atoms. The van der Waals surface area contributed by atoms with Crippen molar-refractivity contribution in [3.05, 3.63) is 0 Å². The minimum absolute atomic E-state index is 0.439. The number of carbonyl (C=O) groups is 1. The quantitative estimate of drug-likeness (QED) is 0.415. The zero-order valence-corrected chi connectivity index (χ0v) is 13.4. The van der Waals surface area contributed by atoms with Crippen molar-refractivity contribution in [1.29, 1.82) is 0 Å². The summed E-state index contributed by atoms with van der Waals surface area (Å²) < 4.78 is 97.5. The minimum Gasteiger partial charge on any atom is -0.439 e. The highest BCUT2D eigenvalue weighted by Gasteiger charge is 2.81. The van der Waals surface area contributed by atoms with Crippen molar-refractivity contribution in [3.8, 4) is 0 Å². The van der Waals surface area contributed by atoms with Gasteiger partial charge in [-0.05, 0) is 0 Å². The van der Waals surface area contributed by atoms with Crippen LogP contribution in [0.25, 0.3) is 0 Å². The number of carbonyl (C=O) groups excluding carboxylic acids is 1. The Morgan fingerprint density at radius 3 is 1.41 bits per heavy atom. The van der Waals surface area contributed by atoms with Crippen LogP contribution in [0, 0.1) is 0 Å². The Balaban J connectivity index is 6.45. The Labute approximate surface area is 123 Å². The van der Waals surface area contributed by atoms with E-state index < -0.39 is 38.3 Å². The summed E-state index contributed by atoms with van der Waals surface area (Å²) >= 11 is 0. The van der Waals surface area contributed by atoms with Gasteiger partial charge in [0, 0.05) is 28.3 Å². The van der Waals surface area contributed by atoms with E-state index in [1.54, 1.807) is 0 Å². The van der Waals surface area contributed by atoms with Gasteiger partial charge in [0.1, 0.15) is 0 Å². The molecule has 0 aliphatic heterocycles. The monoisotopic (exact) mass is 358 g/mol. The molecule has 0 aliphatic rings. The first kappa shape index (κ1) is 21.1. The van der Waals surface area contributed by atoms with Crippen molar-refractivity contribution in [2.24, 2.45) is 0 Å². The van der Waals surface area contributed by atoms with Crippen LogP contribution in [0.2, 0.25) is 5.54 Å². The van der Waals surface area contributed by atoms with Crippen LogP contribution in [0.1, 0.15) is 13.8 Å². The highest BCUT2D eigenvalue weighted by Crippen LogP contribution is 2.55. The summed E-state index contributed by atoms with van der Waals surface area (Å²) in [5.74, 6) is -1.76. The Kier molecular flexibility index (Phi) is 6.46. The first-order valence-corrected chi connectivity index (χ1v) is 7.54. The predicted molar refractivity (Wildman–Crippen MR) is 62.8 cm³/mol. The summed E-state index contributed by atoms with van der Waals surface area (Å²) in [6, 6.07) is 0. The molecule has 0 bridgehead atoms. The Morgan fingerprint density at radius 1 is 0.909 bits per heavy atom. The number of alkyl halides is 6. The fraction of sp³-hybridized carbons (Fsp3) is 0.900. The number of ether oxygens (including phenoxy) is 1. The third-order valence-corrected chi connectivity index (χ3v) is 6.31. The highest BCUT2D eigenvalue weighted by atomic mass is 28.4. The zero-order chi connectivity index (χ0) is 18.0. The van der Waals surface area contributed by atoms with Crippen LogP contribution in [-0.2, 0) is 22.8 Å². The van der Waals surface area contributed by atoms with Gasteiger partial charge in [-0.1, -0.05) is 6.92 Å². The van der Waals surface area contributed by atoms with Crippen molar-refractivity contribution in [2.75, 3.05) is 21.3 Å². The van der Waals surface area contributed by atoms with Crippen LogP contribution in [-0.4, -0.2) is 54.1 Å². The summed E-state index contributed by atoms with van der Waals surface area (Å²) in [6.45, 7) is 0.987.